The third-order valence-electron chi connectivity index (χ3n) is 4.84. The predicted molar refractivity (Wildman–Crippen MR) is 105 cm³/mol. The molecule has 0 aromatic heterocycles. The number of carbonyl (C=O) groups excluding carboxylic acids is 1. The van der Waals surface area contributed by atoms with Crippen LogP contribution in [-0.4, -0.2) is 48.9 Å². The number of carbonyl (C=O) groups is 1. The van der Waals surface area contributed by atoms with Crippen LogP contribution in [-0.2, 0) is 6.61 Å². The number of amides is 1. The molecule has 4 nitrogen and oxygen atoms in total. The molecule has 1 fully saturated rings. The maximum absolute atomic E-state index is 13.1. The third kappa shape index (κ3) is 4.57. The SMILES string of the molecule is CN(C)C1CCCN(C(=O)c2ccccc2OCc2ccc(Cl)cc2)C1. The fourth-order valence-electron chi connectivity index (χ4n) is 3.24. The van der Waals surface area contributed by atoms with Crippen LogP contribution in [0, 0.1) is 0 Å². The van der Waals surface area contributed by atoms with Crippen LogP contribution in [0.2, 0.25) is 5.02 Å². The first-order valence-electron chi connectivity index (χ1n) is 8.96. The Kier molecular flexibility index (Phi) is 6.17. The zero-order valence-corrected chi connectivity index (χ0v) is 16.1. The molecule has 1 aliphatic heterocycles. The van der Waals surface area contributed by atoms with Crippen molar-refractivity contribution >= 4 is 17.5 Å². The van der Waals surface area contributed by atoms with E-state index in [1.165, 1.54) is 0 Å². The lowest BCUT2D eigenvalue weighted by Crippen LogP contribution is -2.47. The summed E-state index contributed by atoms with van der Waals surface area (Å²) in [5.74, 6) is 0.669. The Morgan fingerprint density at radius 3 is 2.65 bits per heavy atom. The van der Waals surface area contributed by atoms with E-state index >= 15 is 0 Å². The minimum absolute atomic E-state index is 0.0447. The van der Waals surface area contributed by atoms with E-state index in [0.717, 1.165) is 31.5 Å². The molecule has 1 heterocycles. The van der Waals surface area contributed by atoms with Crippen LogP contribution in [0.15, 0.2) is 48.5 Å². The molecule has 0 bridgehead atoms. The molecule has 138 valence electrons. The minimum atomic E-state index is 0.0447. The molecule has 0 N–H and O–H groups in total. The smallest absolute Gasteiger partial charge is 0.257 e. The number of piperidine rings is 1. The van der Waals surface area contributed by atoms with Crippen LogP contribution in [0.25, 0.3) is 0 Å². The van der Waals surface area contributed by atoms with Crippen molar-refractivity contribution < 1.29 is 9.53 Å². The van der Waals surface area contributed by atoms with Gasteiger partial charge in [0.25, 0.3) is 5.91 Å². The zero-order chi connectivity index (χ0) is 18.5. The summed E-state index contributed by atoms with van der Waals surface area (Å²) < 4.78 is 5.95. The number of rotatable bonds is 5. The molecule has 3 rings (SSSR count). The lowest BCUT2D eigenvalue weighted by Gasteiger charge is -2.36. The Hall–Kier alpha value is -2.04. The van der Waals surface area contributed by atoms with E-state index in [1.807, 2.05) is 53.4 Å². The van der Waals surface area contributed by atoms with Crippen molar-refractivity contribution in [2.75, 3.05) is 27.2 Å². The molecule has 1 aliphatic rings. The van der Waals surface area contributed by atoms with Crippen LogP contribution in [0.3, 0.4) is 0 Å². The Morgan fingerprint density at radius 2 is 1.92 bits per heavy atom. The van der Waals surface area contributed by atoms with Crippen LogP contribution in [0.1, 0.15) is 28.8 Å². The van der Waals surface area contributed by atoms with Crippen molar-refractivity contribution in [2.24, 2.45) is 0 Å². The predicted octanol–water partition coefficient (Wildman–Crippen LogP) is 4.09. The monoisotopic (exact) mass is 372 g/mol. The van der Waals surface area contributed by atoms with Crippen LogP contribution in [0.5, 0.6) is 5.75 Å². The van der Waals surface area contributed by atoms with Gasteiger partial charge in [-0.2, -0.15) is 0 Å². The van der Waals surface area contributed by atoms with Gasteiger partial charge in [0.15, 0.2) is 0 Å². The Bertz CT molecular complexity index is 746. The van der Waals surface area contributed by atoms with Gasteiger partial charge < -0.3 is 14.5 Å². The summed E-state index contributed by atoms with van der Waals surface area (Å²) in [6.45, 7) is 1.97. The van der Waals surface area contributed by atoms with Gasteiger partial charge in [0, 0.05) is 24.2 Å². The van der Waals surface area contributed by atoms with Gasteiger partial charge in [-0.3, -0.25) is 4.79 Å². The third-order valence-corrected chi connectivity index (χ3v) is 5.09. The van der Waals surface area contributed by atoms with E-state index in [0.29, 0.717) is 29.0 Å². The molecule has 1 amide bonds. The Morgan fingerprint density at radius 1 is 1.19 bits per heavy atom. The largest absolute Gasteiger partial charge is 0.488 e. The summed E-state index contributed by atoms with van der Waals surface area (Å²) in [7, 11) is 4.14. The second-order valence-electron chi connectivity index (χ2n) is 6.92. The van der Waals surface area contributed by atoms with Crippen molar-refractivity contribution in [1.29, 1.82) is 0 Å². The van der Waals surface area contributed by atoms with Gasteiger partial charge in [-0.25, -0.2) is 0 Å². The van der Waals surface area contributed by atoms with Crippen molar-refractivity contribution in [3.63, 3.8) is 0 Å². The lowest BCUT2D eigenvalue weighted by molar-refractivity contribution is 0.0630. The fourth-order valence-corrected chi connectivity index (χ4v) is 3.37. The van der Waals surface area contributed by atoms with Crippen molar-refractivity contribution in [3.05, 3.63) is 64.7 Å². The molecule has 0 saturated carbocycles. The summed E-state index contributed by atoms with van der Waals surface area (Å²) in [5, 5.41) is 0.699. The number of hydrogen-bond donors (Lipinski definition) is 0. The number of hydrogen-bond acceptors (Lipinski definition) is 3. The van der Waals surface area contributed by atoms with E-state index in [1.54, 1.807) is 0 Å². The number of ether oxygens (including phenoxy) is 1. The maximum Gasteiger partial charge on any atom is 0.257 e. The van der Waals surface area contributed by atoms with Crippen LogP contribution >= 0.6 is 11.6 Å². The van der Waals surface area contributed by atoms with E-state index < -0.39 is 0 Å². The molecule has 1 unspecified atom stereocenters. The lowest BCUT2D eigenvalue weighted by atomic mass is 10.0. The first kappa shape index (κ1) is 18.7. The molecule has 2 aromatic rings. The summed E-state index contributed by atoms with van der Waals surface area (Å²) >= 11 is 5.92. The van der Waals surface area contributed by atoms with Gasteiger partial charge in [-0.05, 0) is 56.8 Å². The van der Waals surface area contributed by atoms with E-state index in [9.17, 15) is 4.79 Å². The molecule has 0 spiro atoms. The number of para-hydroxylation sites is 1. The van der Waals surface area contributed by atoms with Gasteiger partial charge in [-0.1, -0.05) is 35.9 Å². The van der Waals surface area contributed by atoms with Gasteiger partial charge in [-0.15, -0.1) is 0 Å². The Labute approximate surface area is 160 Å². The molecule has 1 saturated heterocycles. The normalized spacial score (nSPS) is 17.4. The van der Waals surface area contributed by atoms with Gasteiger partial charge >= 0.3 is 0 Å². The molecule has 26 heavy (non-hydrogen) atoms. The van der Waals surface area contributed by atoms with Gasteiger partial charge in [0.05, 0.1) is 5.56 Å². The molecular weight excluding hydrogens is 348 g/mol. The van der Waals surface area contributed by atoms with Crippen LogP contribution in [0.4, 0.5) is 0 Å². The maximum atomic E-state index is 13.1. The topological polar surface area (TPSA) is 32.8 Å². The molecule has 0 aliphatic carbocycles. The molecule has 5 heteroatoms. The average Bonchev–Trinajstić information content (AvgIpc) is 2.67. The highest BCUT2D eigenvalue weighted by atomic mass is 35.5. The summed E-state index contributed by atoms with van der Waals surface area (Å²) in [4.78, 5) is 17.2. The van der Waals surface area contributed by atoms with E-state index in [2.05, 4.69) is 19.0 Å². The summed E-state index contributed by atoms with van der Waals surface area (Å²) in [6, 6.07) is 15.4. The first-order chi connectivity index (χ1) is 12.5. The second-order valence-corrected chi connectivity index (χ2v) is 7.36. The van der Waals surface area contributed by atoms with Crippen LogP contribution < -0.4 is 4.74 Å². The van der Waals surface area contributed by atoms with Gasteiger partial charge in [0.1, 0.15) is 12.4 Å². The second kappa shape index (κ2) is 8.56. The number of likely N-dealkylation sites (tertiary alicyclic amines) is 1. The number of benzene rings is 2. The van der Waals surface area contributed by atoms with E-state index in [-0.39, 0.29) is 5.91 Å². The van der Waals surface area contributed by atoms with Gasteiger partial charge in [0.2, 0.25) is 0 Å². The highest BCUT2D eigenvalue weighted by Crippen LogP contribution is 2.24. The first-order valence-corrected chi connectivity index (χ1v) is 9.34. The minimum Gasteiger partial charge on any atom is -0.488 e. The summed E-state index contributed by atoms with van der Waals surface area (Å²) in [6.07, 6.45) is 2.16. The average molecular weight is 373 g/mol. The highest BCUT2D eigenvalue weighted by Gasteiger charge is 2.27. The number of halogens is 1. The van der Waals surface area contributed by atoms with E-state index in [4.69, 9.17) is 16.3 Å². The summed E-state index contributed by atoms with van der Waals surface area (Å²) in [5.41, 5.74) is 1.64. The number of likely N-dealkylation sites (N-methyl/N-ethyl adjacent to an activating group) is 1. The molecular formula is C21H25ClN2O2. The fraction of sp³-hybridized carbons (Fsp3) is 0.381. The molecule has 0 radical (unpaired) electrons. The highest BCUT2D eigenvalue weighted by molar-refractivity contribution is 6.30. The van der Waals surface area contributed by atoms with Crippen molar-refractivity contribution in [3.8, 4) is 5.75 Å². The standard InChI is InChI=1S/C21H25ClN2O2/c1-23(2)18-6-5-13-24(14-18)21(25)19-7-3-4-8-20(19)26-15-16-9-11-17(22)12-10-16/h3-4,7-12,18H,5-6,13-15H2,1-2H3. The zero-order valence-electron chi connectivity index (χ0n) is 15.3. The molecule has 2 aromatic carbocycles. The van der Waals surface area contributed by atoms with Crippen molar-refractivity contribution in [1.82, 2.24) is 9.80 Å². The Balaban J connectivity index is 1.71. The number of nitrogens with zero attached hydrogens (tertiary/aromatic N) is 2. The quantitative estimate of drug-likeness (QED) is 0.792. The van der Waals surface area contributed by atoms with Crippen molar-refractivity contribution in [2.45, 2.75) is 25.5 Å². The molecule has 1 atom stereocenters.